The molecule has 0 fully saturated rings. The lowest BCUT2D eigenvalue weighted by Crippen LogP contribution is -2.14. The average molecular weight is 398 g/mol. The fourth-order valence-electron chi connectivity index (χ4n) is 2.77. The summed E-state index contributed by atoms with van der Waals surface area (Å²) in [5, 5.41) is -0.0584. The Labute approximate surface area is 161 Å². The lowest BCUT2D eigenvalue weighted by Gasteiger charge is -2.12. The van der Waals surface area contributed by atoms with Gasteiger partial charge in [-0.15, -0.1) is 0 Å². The van der Waals surface area contributed by atoms with Gasteiger partial charge in [-0.1, -0.05) is 0 Å². The number of ether oxygens (including phenoxy) is 1. The summed E-state index contributed by atoms with van der Waals surface area (Å²) in [6, 6.07) is 6.98. The van der Waals surface area contributed by atoms with Gasteiger partial charge in [0, 0.05) is 37.4 Å². The first-order valence-electron chi connectivity index (χ1n) is 8.38. The summed E-state index contributed by atoms with van der Waals surface area (Å²) < 4.78 is 36.8. The van der Waals surface area contributed by atoms with Crippen LogP contribution in [-0.4, -0.2) is 39.4 Å². The molecule has 0 saturated carbocycles. The van der Waals surface area contributed by atoms with E-state index < -0.39 is 10.0 Å². The number of rotatable bonds is 5. The van der Waals surface area contributed by atoms with Crippen LogP contribution in [0.2, 0.25) is 0 Å². The Morgan fingerprint density at radius 1 is 1.18 bits per heavy atom. The van der Waals surface area contributed by atoms with E-state index in [4.69, 9.17) is 4.74 Å². The van der Waals surface area contributed by atoms with E-state index in [1.54, 1.807) is 47.3 Å². The number of imidazole rings is 2. The highest BCUT2D eigenvalue weighted by Gasteiger charge is 2.21. The number of hydrogen-bond donors (Lipinski definition) is 1. The molecule has 1 aromatic carbocycles. The number of aryl methyl sites for hydroxylation is 2. The third kappa shape index (κ3) is 3.18. The topological polar surface area (TPSA) is 103 Å². The van der Waals surface area contributed by atoms with Crippen molar-refractivity contribution >= 4 is 21.5 Å². The summed E-state index contributed by atoms with van der Waals surface area (Å²) in [6.07, 6.45) is 6.79. The second kappa shape index (κ2) is 6.64. The van der Waals surface area contributed by atoms with Crippen LogP contribution in [0.4, 0.5) is 5.69 Å². The minimum atomic E-state index is -3.87. The van der Waals surface area contributed by atoms with E-state index in [1.165, 1.54) is 13.3 Å². The van der Waals surface area contributed by atoms with E-state index in [1.807, 2.05) is 18.5 Å². The Hall–Kier alpha value is -3.40. The third-order valence-corrected chi connectivity index (χ3v) is 5.57. The molecule has 4 rings (SSSR count). The van der Waals surface area contributed by atoms with Crippen molar-refractivity contribution in [1.29, 1.82) is 0 Å². The molecule has 0 unspecified atom stereocenters. The van der Waals surface area contributed by atoms with Gasteiger partial charge in [0.1, 0.15) is 11.6 Å². The van der Waals surface area contributed by atoms with Crippen LogP contribution in [0.5, 0.6) is 5.75 Å². The molecule has 0 radical (unpaired) electrons. The van der Waals surface area contributed by atoms with E-state index in [0.29, 0.717) is 28.7 Å². The minimum Gasteiger partial charge on any atom is -0.495 e. The highest BCUT2D eigenvalue weighted by atomic mass is 32.2. The Morgan fingerprint density at radius 3 is 2.68 bits per heavy atom. The Kier molecular flexibility index (Phi) is 4.27. The van der Waals surface area contributed by atoms with Gasteiger partial charge in [0.2, 0.25) is 5.78 Å². The van der Waals surface area contributed by atoms with Gasteiger partial charge in [0.05, 0.1) is 18.5 Å². The molecule has 10 heteroatoms. The molecule has 3 heterocycles. The van der Waals surface area contributed by atoms with E-state index >= 15 is 0 Å². The summed E-state index contributed by atoms with van der Waals surface area (Å²) in [6.45, 7) is 1.73. The number of fused-ring (bicyclic) bond motifs is 1. The monoisotopic (exact) mass is 398 g/mol. The van der Waals surface area contributed by atoms with Gasteiger partial charge in [-0.2, -0.15) is 8.42 Å². The second-order valence-corrected chi connectivity index (χ2v) is 7.84. The van der Waals surface area contributed by atoms with Crippen LogP contribution in [0, 0.1) is 6.92 Å². The quantitative estimate of drug-likeness (QED) is 0.553. The fraction of sp³-hybridized carbons (Fsp3) is 0.167. The maximum absolute atomic E-state index is 12.8. The zero-order chi connectivity index (χ0) is 19.9. The molecule has 28 heavy (non-hydrogen) atoms. The number of hydrogen-bond acceptors (Lipinski definition) is 6. The van der Waals surface area contributed by atoms with Crippen molar-refractivity contribution in [1.82, 2.24) is 23.9 Å². The standard InChI is InChI=1S/C18H18N6O3S/c1-12-20-17(11-23(12)2)28(25,26)22-14-9-13(5-6-16(14)27-3)15-10-24-8-4-7-19-18(24)21-15/h4-11,22H,1-3H3. The van der Waals surface area contributed by atoms with Crippen LogP contribution in [0.1, 0.15) is 5.82 Å². The molecule has 0 aliphatic rings. The van der Waals surface area contributed by atoms with Gasteiger partial charge in [-0.25, -0.2) is 15.0 Å². The maximum atomic E-state index is 12.8. The van der Waals surface area contributed by atoms with Gasteiger partial charge in [0.15, 0.2) is 5.03 Å². The predicted molar refractivity (Wildman–Crippen MR) is 104 cm³/mol. The van der Waals surface area contributed by atoms with E-state index in [9.17, 15) is 8.42 Å². The molecule has 0 saturated heterocycles. The SMILES string of the molecule is COc1ccc(-c2cn3cccnc3n2)cc1NS(=O)(=O)c1cn(C)c(C)n1. The lowest BCUT2D eigenvalue weighted by atomic mass is 10.1. The highest BCUT2D eigenvalue weighted by molar-refractivity contribution is 7.92. The predicted octanol–water partition coefficient (Wildman–Crippen LogP) is 2.25. The van der Waals surface area contributed by atoms with Crippen LogP contribution >= 0.6 is 0 Å². The molecule has 0 aliphatic carbocycles. The third-order valence-electron chi connectivity index (χ3n) is 4.34. The first-order valence-corrected chi connectivity index (χ1v) is 9.86. The molecule has 0 aliphatic heterocycles. The molecule has 1 N–H and O–H groups in total. The van der Waals surface area contributed by atoms with Crippen molar-refractivity contribution in [3.8, 4) is 17.0 Å². The van der Waals surface area contributed by atoms with Crippen molar-refractivity contribution < 1.29 is 13.2 Å². The number of aromatic nitrogens is 5. The molecule has 9 nitrogen and oxygen atoms in total. The maximum Gasteiger partial charge on any atom is 0.281 e. The van der Waals surface area contributed by atoms with E-state index in [0.717, 1.165) is 5.56 Å². The fourth-order valence-corrected chi connectivity index (χ4v) is 3.87. The highest BCUT2D eigenvalue weighted by Crippen LogP contribution is 2.31. The van der Waals surface area contributed by atoms with Crippen molar-refractivity contribution in [3.63, 3.8) is 0 Å². The van der Waals surface area contributed by atoms with Crippen LogP contribution in [0.15, 0.2) is 54.1 Å². The zero-order valence-corrected chi connectivity index (χ0v) is 16.3. The summed E-state index contributed by atoms with van der Waals surface area (Å²) in [7, 11) is -0.656. The van der Waals surface area contributed by atoms with Crippen LogP contribution in [0.3, 0.4) is 0 Å². The summed E-state index contributed by atoms with van der Waals surface area (Å²) in [4.78, 5) is 12.8. The van der Waals surface area contributed by atoms with Crippen molar-refractivity contribution in [2.24, 2.45) is 7.05 Å². The van der Waals surface area contributed by atoms with Crippen LogP contribution < -0.4 is 9.46 Å². The zero-order valence-electron chi connectivity index (χ0n) is 15.5. The molecular weight excluding hydrogens is 380 g/mol. The number of benzene rings is 1. The minimum absolute atomic E-state index is 0.0584. The van der Waals surface area contributed by atoms with Gasteiger partial charge in [0.25, 0.3) is 10.0 Å². The van der Waals surface area contributed by atoms with Crippen LogP contribution in [0.25, 0.3) is 17.0 Å². The lowest BCUT2D eigenvalue weighted by molar-refractivity contribution is 0.417. The van der Waals surface area contributed by atoms with Gasteiger partial charge < -0.3 is 9.30 Å². The molecule has 0 bridgehead atoms. The van der Waals surface area contributed by atoms with Crippen LogP contribution in [-0.2, 0) is 17.1 Å². The van der Waals surface area contributed by atoms with Crippen molar-refractivity contribution in [2.75, 3.05) is 11.8 Å². The Bertz CT molecular complexity index is 1220. The number of methoxy groups -OCH3 is 1. The van der Waals surface area contributed by atoms with Gasteiger partial charge in [-0.3, -0.25) is 9.12 Å². The average Bonchev–Trinajstić information content (AvgIpc) is 3.25. The van der Waals surface area contributed by atoms with Crippen molar-refractivity contribution in [3.05, 3.63) is 54.9 Å². The second-order valence-electron chi connectivity index (χ2n) is 6.21. The molecule has 4 aromatic rings. The molecule has 0 atom stereocenters. The van der Waals surface area contributed by atoms with E-state index in [-0.39, 0.29) is 5.03 Å². The number of sulfonamides is 1. The molecule has 3 aromatic heterocycles. The molecule has 0 amide bonds. The normalized spacial score (nSPS) is 11.7. The van der Waals surface area contributed by atoms with Gasteiger partial charge in [-0.05, 0) is 31.2 Å². The molecule has 0 spiro atoms. The number of nitrogens with zero attached hydrogens (tertiary/aromatic N) is 5. The smallest absolute Gasteiger partial charge is 0.281 e. The Balaban J connectivity index is 1.74. The Morgan fingerprint density at radius 2 is 2.00 bits per heavy atom. The number of anilines is 1. The molecular formula is C18H18N6O3S. The van der Waals surface area contributed by atoms with Gasteiger partial charge >= 0.3 is 0 Å². The first kappa shape index (κ1) is 18.0. The first-order chi connectivity index (χ1) is 13.4. The summed E-state index contributed by atoms with van der Waals surface area (Å²) in [5.41, 5.74) is 1.69. The van der Waals surface area contributed by atoms with Crippen molar-refractivity contribution in [2.45, 2.75) is 11.9 Å². The largest absolute Gasteiger partial charge is 0.495 e. The summed E-state index contributed by atoms with van der Waals surface area (Å²) in [5.74, 6) is 1.54. The number of nitrogens with one attached hydrogen (secondary N) is 1. The van der Waals surface area contributed by atoms with E-state index in [2.05, 4.69) is 19.7 Å². The summed E-state index contributed by atoms with van der Waals surface area (Å²) >= 11 is 0. The molecule has 144 valence electrons.